The Labute approximate surface area is 243 Å². The molecular formula is C30H28ClFN2O4S2. The number of methoxy groups -OCH3 is 1. The van der Waals surface area contributed by atoms with Crippen LogP contribution in [-0.4, -0.2) is 33.7 Å². The van der Waals surface area contributed by atoms with Crippen molar-refractivity contribution in [3.8, 4) is 5.75 Å². The summed E-state index contributed by atoms with van der Waals surface area (Å²) in [7, 11) is -2.55. The monoisotopic (exact) mass is 598 g/mol. The summed E-state index contributed by atoms with van der Waals surface area (Å²) in [6.07, 6.45) is 0. The van der Waals surface area contributed by atoms with Gasteiger partial charge >= 0.3 is 0 Å². The van der Waals surface area contributed by atoms with Crippen LogP contribution in [0.2, 0.25) is 5.02 Å². The van der Waals surface area contributed by atoms with Gasteiger partial charge in [-0.05, 0) is 54.1 Å². The first-order valence-electron chi connectivity index (χ1n) is 12.4. The molecule has 0 saturated heterocycles. The number of halogens is 2. The van der Waals surface area contributed by atoms with Crippen LogP contribution in [0.5, 0.6) is 5.75 Å². The summed E-state index contributed by atoms with van der Waals surface area (Å²) in [5, 5.41) is 3.22. The predicted octanol–water partition coefficient (Wildman–Crippen LogP) is 6.55. The van der Waals surface area contributed by atoms with Gasteiger partial charge in [-0.25, -0.2) is 12.8 Å². The lowest BCUT2D eigenvalue weighted by molar-refractivity contribution is 0.0957. The minimum atomic E-state index is -4.06. The van der Waals surface area contributed by atoms with Crippen LogP contribution >= 0.6 is 23.4 Å². The molecule has 0 unspecified atom stereocenters. The standard InChI is InChI=1S/C30H28ClFN2O4S2/c1-38-23-14-16-24(17-15-23)40(36,37)34(20-22-8-3-2-4-9-22)29-13-6-5-10-25(29)30(35)33-18-19-39-21-26-27(31)11-7-12-28(26)32/h2-17H,18-21H2,1H3,(H,33,35). The molecule has 0 aliphatic carbocycles. The van der Waals surface area contributed by atoms with E-state index in [-0.39, 0.29) is 28.5 Å². The summed E-state index contributed by atoms with van der Waals surface area (Å²) >= 11 is 7.52. The smallest absolute Gasteiger partial charge is 0.264 e. The molecule has 0 radical (unpaired) electrons. The third kappa shape index (κ3) is 7.15. The van der Waals surface area contributed by atoms with Crippen LogP contribution in [-0.2, 0) is 22.3 Å². The molecule has 4 aromatic carbocycles. The van der Waals surface area contributed by atoms with Crippen LogP contribution in [0.25, 0.3) is 0 Å². The second kappa shape index (κ2) is 13.7. The van der Waals surface area contributed by atoms with E-state index in [1.165, 1.54) is 41.4 Å². The fraction of sp³-hybridized carbons (Fsp3) is 0.167. The van der Waals surface area contributed by atoms with Crippen molar-refractivity contribution in [3.63, 3.8) is 0 Å². The van der Waals surface area contributed by atoms with E-state index >= 15 is 0 Å². The van der Waals surface area contributed by atoms with Gasteiger partial charge in [0.2, 0.25) is 0 Å². The molecule has 40 heavy (non-hydrogen) atoms. The Balaban J connectivity index is 1.54. The average Bonchev–Trinajstić information content (AvgIpc) is 2.97. The van der Waals surface area contributed by atoms with Crippen molar-refractivity contribution in [2.75, 3.05) is 23.7 Å². The SMILES string of the molecule is COc1ccc(S(=O)(=O)N(Cc2ccccc2)c2ccccc2C(=O)NCCSCc2c(F)cccc2Cl)cc1. The first kappa shape index (κ1) is 29.5. The molecule has 1 N–H and O–H groups in total. The maximum atomic E-state index is 14.0. The van der Waals surface area contributed by atoms with Crippen LogP contribution in [0.4, 0.5) is 10.1 Å². The Morgan fingerprint density at radius 2 is 1.65 bits per heavy atom. The minimum absolute atomic E-state index is 0.0265. The number of hydrogen-bond acceptors (Lipinski definition) is 5. The summed E-state index contributed by atoms with van der Waals surface area (Å²) in [4.78, 5) is 13.3. The number of benzene rings is 4. The van der Waals surface area contributed by atoms with Crippen LogP contribution < -0.4 is 14.4 Å². The number of nitrogens with zero attached hydrogens (tertiary/aromatic N) is 1. The third-order valence-corrected chi connectivity index (χ3v) is 9.19. The van der Waals surface area contributed by atoms with Crippen LogP contribution in [0.15, 0.2) is 102 Å². The molecule has 6 nitrogen and oxygen atoms in total. The lowest BCUT2D eigenvalue weighted by Crippen LogP contribution is -2.34. The second-order valence-electron chi connectivity index (χ2n) is 8.70. The number of ether oxygens (including phenoxy) is 1. The van der Waals surface area contributed by atoms with Gasteiger partial charge in [0.25, 0.3) is 15.9 Å². The van der Waals surface area contributed by atoms with Gasteiger partial charge in [-0.15, -0.1) is 0 Å². The van der Waals surface area contributed by atoms with Gasteiger partial charge in [-0.2, -0.15) is 11.8 Å². The highest BCUT2D eigenvalue weighted by molar-refractivity contribution is 7.98. The Bertz CT molecular complexity index is 1530. The summed E-state index contributed by atoms with van der Waals surface area (Å²) in [6, 6.07) is 26.5. The highest BCUT2D eigenvalue weighted by atomic mass is 35.5. The van der Waals surface area contributed by atoms with Crippen molar-refractivity contribution in [3.05, 3.63) is 125 Å². The van der Waals surface area contributed by atoms with Gasteiger partial charge in [0.05, 0.1) is 29.8 Å². The maximum absolute atomic E-state index is 14.0. The number of nitrogens with one attached hydrogen (secondary N) is 1. The van der Waals surface area contributed by atoms with Crippen molar-refractivity contribution in [2.45, 2.75) is 17.2 Å². The van der Waals surface area contributed by atoms with E-state index in [0.29, 0.717) is 34.4 Å². The molecule has 0 spiro atoms. The lowest BCUT2D eigenvalue weighted by Gasteiger charge is -2.26. The summed E-state index contributed by atoms with van der Waals surface area (Å²) < 4.78 is 48.3. The fourth-order valence-corrected chi connectivity index (χ4v) is 6.65. The van der Waals surface area contributed by atoms with E-state index in [0.717, 1.165) is 5.56 Å². The first-order valence-corrected chi connectivity index (χ1v) is 15.4. The number of amides is 1. The van der Waals surface area contributed by atoms with Crippen molar-refractivity contribution >= 4 is 45.0 Å². The van der Waals surface area contributed by atoms with Gasteiger partial charge in [-0.3, -0.25) is 9.10 Å². The molecule has 0 aliphatic rings. The Morgan fingerprint density at radius 3 is 2.35 bits per heavy atom. The fourth-order valence-electron chi connectivity index (χ4n) is 3.98. The third-order valence-electron chi connectivity index (χ3n) is 6.07. The number of hydrogen-bond donors (Lipinski definition) is 1. The zero-order valence-electron chi connectivity index (χ0n) is 21.7. The molecular weight excluding hydrogens is 571 g/mol. The first-order chi connectivity index (χ1) is 19.3. The number of sulfonamides is 1. The summed E-state index contributed by atoms with van der Waals surface area (Å²) in [6.45, 7) is 0.326. The molecule has 4 rings (SSSR count). The predicted molar refractivity (Wildman–Crippen MR) is 159 cm³/mol. The topological polar surface area (TPSA) is 75.7 Å². The van der Waals surface area contributed by atoms with Gasteiger partial charge < -0.3 is 10.1 Å². The normalized spacial score (nSPS) is 11.2. The molecule has 0 atom stereocenters. The number of carbonyl (C=O) groups excluding carboxylic acids is 1. The zero-order chi connectivity index (χ0) is 28.5. The quantitative estimate of drug-likeness (QED) is 0.187. The van der Waals surface area contributed by atoms with Crippen LogP contribution in [0.3, 0.4) is 0 Å². The second-order valence-corrected chi connectivity index (χ2v) is 12.1. The van der Waals surface area contributed by atoms with Gasteiger partial charge in [-0.1, -0.05) is 60.1 Å². The van der Waals surface area contributed by atoms with Crippen molar-refractivity contribution in [1.82, 2.24) is 5.32 Å². The van der Waals surface area contributed by atoms with Gasteiger partial charge in [0, 0.05) is 28.6 Å². The number of thioether (sulfide) groups is 1. The number of carbonyl (C=O) groups is 1. The van der Waals surface area contributed by atoms with Crippen LogP contribution in [0, 0.1) is 5.82 Å². The van der Waals surface area contributed by atoms with Gasteiger partial charge in [0.1, 0.15) is 11.6 Å². The number of anilines is 1. The molecule has 0 bridgehead atoms. The van der Waals surface area contributed by atoms with Crippen molar-refractivity contribution < 1.29 is 22.3 Å². The molecule has 0 saturated carbocycles. The van der Waals surface area contributed by atoms with Gasteiger partial charge in [0.15, 0.2) is 0 Å². The Hall–Kier alpha value is -3.53. The molecule has 208 valence electrons. The molecule has 0 aromatic heterocycles. The lowest BCUT2D eigenvalue weighted by atomic mass is 10.1. The maximum Gasteiger partial charge on any atom is 0.264 e. The highest BCUT2D eigenvalue weighted by Gasteiger charge is 2.28. The molecule has 10 heteroatoms. The van der Waals surface area contributed by atoms with E-state index in [2.05, 4.69) is 5.32 Å². The molecule has 1 amide bonds. The Morgan fingerprint density at radius 1 is 0.950 bits per heavy atom. The highest BCUT2D eigenvalue weighted by Crippen LogP contribution is 2.30. The average molecular weight is 599 g/mol. The Kier molecular flexibility index (Phi) is 10.1. The van der Waals surface area contributed by atoms with E-state index in [9.17, 15) is 17.6 Å². The summed E-state index contributed by atoms with van der Waals surface area (Å²) in [5.74, 6) is 0.625. The van der Waals surface area contributed by atoms with Crippen molar-refractivity contribution in [1.29, 1.82) is 0 Å². The van der Waals surface area contributed by atoms with Crippen LogP contribution in [0.1, 0.15) is 21.5 Å². The van der Waals surface area contributed by atoms with Crippen molar-refractivity contribution in [2.24, 2.45) is 0 Å². The number of para-hydroxylation sites is 1. The summed E-state index contributed by atoms with van der Waals surface area (Å²) in [5.41, 5.74) is 1.66. The molecule has 0 fully saturated rings. The molecule has 4 aromatic rings. The zero-order valence-corrected chi connectivity index (χ0v) is 24.1. The number of rotatable bonds is 12. The minimum Gasteiger partial charge on any atom is -0.497 e. The van der Waals surface area contributed by atoms with E-state index in [4.69, 9.17) is 16.3 Å². The van der Waals surface area contributed by atoms with E-state index in [1.807, 2.05) is 30.3 Å². The largest absolute Gasteiger partial charge is 0.497 e. The molecule has 0 heterocycles. The molecule has 0 aliphatic heterocycles. The van der Waals surface area contributed by atoms with E-state index in [1.54, 1.807) is 48.5 Å². The van der Waals surface area contributed by atoms with E-state index < -0.39 is 15.9 Å².